The van der Waals surface area contributed by atoms with Crippen LogP contribution in [0, 0.1) is 0 Å². The normalized spacial score (nSPS) is 21.6. The zero-order valence-corrected chi connectivity index (χ0v) is 21.0. The number of thiazole rings is 1. The van der Waals surface area contributed by atoms with E-state index >= 15 is 0 Å². The molecule has 2 atom stereocenters. The van der Waals surface area contributed by atoms with Crippen LogP contribution in [-0.4, -0.2) is 54.2 Å². The van der Waals surface area contributed by atoms with Crippen molar-refractivity contribution in [2.45, 2.75) is 37.3 Å². The summed E-state index contributed by atoms with van der Waals surface area (Å²) in [5.74, 6) is 0.300. The Bertz CT molecular complexity index is 1450. The van der Waals surface area contributed by atoms with Gasteiger partial charge in [-0.15, -0.1) is 11.3 Å². The predicted octanol–water partition coefficient (Wildman–Crippen LogP) is 3.54. The Morgan fingerprint density at radius 2 is 2.08 bits per heavy atom. The molecule has 4 aromatic rings. The van der Waals surface area contributed by atoms with E-state index in [1.54, 1.807) is 24.2 Å². The van der Waals surface area contributed by atoms with Gasteiger partial charge in [0.15, 0.2) is 5.60 Å². The van der Waals surface area contributed by atoms with Gasteiger partial charge in [-0.3, -0.25) is 9.48 Å². The van der Waals surface area contributed by atoms with Crippen LogP contribution in [0.1, 0.15) is 42.1 Å². The Balaban J connectivity index is 1.24. The third kappa shape index (κ3) is 3.86. The van der Waals surface area contributed by atoms with Gasteiger partial charge in [0.1, 0.15) is 10.7 Å². The minimum atomic E-state index is -1.48. The fraction of sp³-hybridized carbons (Fsp3) is 0.346. The average molecular weight is 502 g/mol. The number of carbonyl (C=O) groups is 1. The molecule has 36 heavy (non-hydrogen) atoms. The topological polar surface area (TPSA) is 109 Å². The number of likely N-dealkylation sites (N-methyl/N-ethyl adjacent to an activating group) is 1. The Morgan fingerprint density at radius 3 is 2.92 bits per heavy atom. The van der Waals surface area contributed by atoms with Crippen molar-refractivity contribution in [3.05, 3.63) is 64.9 Å². The van der Waals surface area contributed by atoms with Crippen molar-refractivity contribution < 1.29 is 9.90 Å². The molecule has 0 unspecified atom stereocenters. The van der Waals surface area contributed by atoms with E-state index in [0.29, 0.717) is 24.5 Å². The summed E-state index contributed by atoms with van der Waals surface area (Å²) in [6.07, 6.45) is 7.20. The number of hydrogen-bond donors (Lipinski definition) is 2. The molecule has 1 amide bonds. The van der Waals surface area contributed by atoms with Crippen molar-refractivity contribution in [3.8, 4) is 22.0 Å². The van der Waals surface area contributed by atoms with E-state index in [4.69, 9.17) is 9.97 Å². The summed E-state index contributed by atoms with van der Waals surface area (Å²) in [5, 5.41) is 21.7. The van der Waals surface area contributed by atoms with E-state index in [2.05, 4.69) is 15.4 Å². The van der Waals surface area contributed by atoms with Crippen LogP contribution in [0.25, 0.3) is 22.0 Å². The Labute approximate surface area is 212 Å². The molecular weight excluding hydrogens is 474 g/mol. The molecule has 4 heterocycles. The molecule has 0 spiro atoms. The molecule has 1 saturated heterocycles. The molecule has 1 aromatic carbocycles. The molecule has 0 bridgehead atoms. The van der Waals surface area contributed by atoms with Gasteiger partial charge < -0.3 is 15.3 Å². The number of amides is 1. The molecule has 0 radical (unpaired) electrons. The monoisotopic (exact) mass is 501 g/mol. The van der Waals surface area contributed by atoms with Crippen molar-refractivity contribution in [2.75, 3.05) is 18.9 Å². The maximum absolute atomic E-state index is 12.5. The number of likely N-dealkylation sites (tertiary alicyclic amines) is 1. The van der Waals surface area contributed by atoms with E-state index in [1.807, 2.05) is 47.6 Å². The third-order valence-electron chi connectivity index (χ3n) is 7.20. The highest BCUT2D eigenvalue weighted by Gasteiger charge is 2.45. The van der Waals surface area contributed by atoms with E-state index in [1.165, 1.54) is 22.6 Å². The largest absolute Gasteiger partial charge is 0.375 e. The van der Waals surface area contributed by atoms with Gasteiger partial charge in [-0.25, -0.2) is 15.0 Å². The van der Waals surface area contributed by atoms with Crippen molar-refractivity contribution >= 4 is 23.2 Å². The first-order valence-corrected chi connectivity index (χ1v) is 13.0. The number of aliphatic hydroxyl groups is 1. The van der Waals surface area contributed by atoms with Crippen LogP contribution in [0.2, 0.25) is 0 Å². The number of benzene rings is 1. The first-order chi connectivity index (χ1) is 17.4. The van der Waals surface area contributed by atoms with Crippen LogP contribution in [0.3, 0.4) is 0 Å². The lowest BCUT2D eigenvalue weighted by Gasteiger charge is -2.23. The van der Waals surface area contributed by atoms with Crippen LogP contribution in [0.4, 0.5) is 5.95 Å². The second-order valence-electron chi connectivity index (χ2n) is 9.48. The van der Waals surface area contributed by atoms with Crippen LogP contribution < -0.4 is 5.32 Å². The molecule has 1 aliphatic carbocycles. The standard InChI is InChI=1S/C26H27N7O2S/c1-32-12-10-26(35,24(32)34)17-6-3-5-16(13-17)23-29-21(15-36-23)20-9-11-27-25(31-20)30-19-7-4-8-22-18(19)14-28-33(22)2/h3,5-6,9,11,13-15,19,35H,4,7-8,10,12H2,1-2H3,(H,27,30,31)/t19-,26+/m0/s1. The van der Waals surface area contributed by atoms with Gasteiger partial charge in [0.05, 0.1) is 17.9 Å². The summed E-state index contributed by atoms with van der Waals surface area (Å²) in [6.45, 7) is 0.536. The smallest absolute Gasteiger partial charge is 0.258 e. The van der Waals surface area contributed by atoms with Crippen LogP contribution in [-0.2, 0) is 23.9 Å². The molecule has 184 valence electrons. The maximum Gasteiger partial charge on any atom is 0.258 e. The number of anilines is 1. The molecule has 1 aliphatic heterocycles. The molecule has 6 rings (SSSR count). The molecule has 2 aliphatic rings. The quantitative estimate of drug-likeness (QED) is 0.431. The Morgan fingerprint density at radius 1 is 1.19 bits per heavy atom. The number of hydrogen-bond acceptors (Lipinski definition) is 8. The lowest BCUT2D eigenvalue weighted by Crippen LogP contribution is -2.36. The highest BCUT2D eigenvalue weighted by molar-refractivity contribution is 7.13. The van der Waals surface area contributed by atoms with Gasteiger partial charge in [0.25, 0.3) is 5.91 Å². The molecule has 0 saturated carbocycles. The molecule has 1 fully saturated rings. The average Bonchev–Trinajstić information content (AvgIpc) is 3.61. The van der Waals surface area contributed by atoms with Gasteiger partial charge in [0, 0.05) is 55.5 Å². The SMILES string of the molecule is CN1CC[C@@](O)(c2cccc(-c3nc(-c4ccnc(N[C@H]5CCCc6c5cnn6C)n4)cs3)c2)C1=O. The van der Waals surface area contributed by atoms with Crippen molar-refractivity contribution in [2.24, 2.45) is 7.05 Å². The second-order valence-corrected chi connectivity index (χ2v) is 10.3. The van der Waals surface area contributed by atoms with Gasteiger partial charge >= 0.3 is 0 Å². The third-order valence-corrected chi connectivity index (χ3v) is 8.09. The van der Waals surface area contributed by atoms with Gasteiger partial charge in [-0.1, -0.05) is 18.2 Å². The van der Waals surface area contributed by atoms with E-state index < -0.39 is 5.60 Å². The zero-order valence-electron chi connectivity index (χ0n) is 20.2. The molecule has 3 aromatic heterocycles. The first-order valence-electron chi connectivity index (χ1n) is 12.1. The molecular formula is C26H27N7O2S. The fourth-order valence-corrected chi connectivity index (χ4v) is 5.95. The van der Waals surface area contributed by atoms with Crippen LogP contribution >= 0.6 is 11.3 Å². The summed E-state index contributed by atoms with van der Waals surface area (Å²) in [7, 11) is 3.70. The zero-order chi connectivity index (χ0) is 24.9. The van der Waals surface area contributed by atoms with Gasteiger partial charge in [-0.2, -0.15) is 5.10 Å². The summed E-state index contributed by atoms with van der Waals surface area (Å²) >= 11 is 1.50. The lowest BCUT2D eigenvalue weighted by molar-refractivity contribution is -0.143. The Kier molecular flexibility index (Phi) is 5.57. The second kappa shape index (κ2) is 8.79. The number of aryl methyl sites for hydroxylation is 1. The Hall–Kier alpha value is -3.63. The molecule has 10 heteroatoms. The summed E-state index contributed by atoms with van der Waals surface area (Å²) < 4.78 is 1.95. The van der Waals surface area contributed by atoms with Gasteiger partial charge in [-0.05, 0) is 37.0 Å². The van der Waals surface area contributed by atoms with E-state index in [0.717, 1.165) is 41.2 Å². The summed E-state index contributed by atoms with van der Waals surface area (Å²) in [4.78, 5) is 28.1. The van der Waals surface area contributed by atoms with E-state index in [9.17, 15) is 9.90 Å². The maximum atomic E-state index is 12.5. The number of nitrogens with zero attached hydrogens (tertiary/aromatic N) is 6. The number of aromatic nitrogens is 5. The highest BCUT2D eigenvalue weighted by atomic mass is 32.1. The first kappa shape index (κ1) is 22.8. The molecule has 2 N–H and O–H groups in total. The van der Waals surface area contributed by atoms with Crippen LogP contribution in [0.15, 0.2) is 48.1 Å². The lowest BCUT2D eigenvalue weighted by atomic mass is 9.91. The van der Waals surface area contributed by atoms with Crippen molar-refractivity contribution in [1.82, 2.24) is 29.6 Å². The molecule has 9 nitrogen and oxygen atoms in total. The number of nitrogens with one attached hydrogen (secondary N) is 1. The van der Waals surface area contributed by atoms with E-state index in [-0.39, 0.29) is 11.9 Å². The predicted molar refractivity (Wildman–Crippen MR) is 137 cm³/mol. The minimum Gasteiger partial charge on any atom is -0.375 e. The minimum absolute atomic E-state index is 0.134. The van der Waals surface area contributed by atoms with Crippen molar-refractivity contribution in [1.29, 1.82) is 0 Å². The number of carbonyl (C=O) groups excluding carboxylic acids is 1. The summed E-state index contributed by atoms with van der Waals surface area (Å²) in [6, 6.07) is 9.46. The van der Waals surface area contributed by atoms with Crippen molar-refractivity contribution in [3.63, 3.8) is 0 Å². The fourth-order valence-electron chi connectivity index (χ4n) is 5.14. The number of rotatable bonds is 5. The van der Waals surface area contributed by atoms with Crippen LogP contribution in [0.5, 0.6) is 0 Å². The highest BCUT2D eigenvalue weighted by Crippen LogP contribution is 2.36. The summed E-state index contributed by atoms with van der Waals surface area (Å²) in [5.41, 5.74) is 3.94. The number of fused-ring (bicyclic) bond motifs is 1. The van der Waals surface area contributed by atoms with Gasteiger partial charge in [0.2, 0.25) is 5.95 Å².